The van der Waals surface area contributed by atoms with Crippen LogP contribution >= 0.6 is 11.1 Å². The number of benzene rings is 1. The van der Waals surface area contributed by atoms with E-state index in [-0.39, 0.29) is 0 Å². The van der Waals surface area contributed by atoms with E-state index in [1.54, 1.807) is 0 Å². The van der Waals surface area contributed by atoms with E-state index in [4.69, 9.17) is 11.1 Å². The van der Waals surface area contributed by atoms with Crippen molar-refractivity contribution in [2.24, 2.45) is 0 Å². The van der Waals surface area contributed by atoms with Crippen LogP contribution in [0, 0.1) is 0 Å². The second kappa shape index (κ2) is 3.74. The maximum atomic E-state index is 5.76. The molecule has 0 N–H and O–H groups in total. The van der Waals surface area contributed by atoms with E-state index < -0.39 is 0 Å². The monoisotopic (exact) mass is 180 g/mol. The summed E-state index contributed by atoms with van der Waals surface area (Å²) in [4.78, 5) is 0. The van der Waals surface area contributed by atoms with Crippen molar-refractivity contribution in [1.82, 2.24) is 0 Å². The Kier molecular flexibility index (Phi) is 2.91. The van der Waals surface area contributed by atoms with Crippen molar-refractivity contribution in [3.8, 4) is 0 Å². The largest absolute Gasteiger partial charge is 0.211 e. The van der Waals surface area contributed by atoms with Crippen LogP contribution in [0.2, 0.25) is 0 Å². The van der Waals surface area contributed by atoms with E-state index in [9.17, 15) is 0 Å². The lowest BCUT2D eigenvalue weighted by molar-refractivity contribution is 1.63. The molecule has 56 valence electrons. The van der Waals surface area contributed by atoms with Gasteiger partial charge in [0.1, 0.15) is 0 Å². The average Bonchev–Trinajstić information content (AvgIpc) is 2.04. The zero-order chi connectivity index (χ0) is 8.27. The highest BCUT2D eigenvalue weighted by Gasteiger charge is 2.00. The van der Waals surface area contributed by atoms with E-state index in [1.807, 2.05) is 31.2 Å². The molecule has 0 aliphatic rings. The lowest BCUT2D eigenvalue weighted by atomic mass is 10.1. The van der Waals surface area contributed by atoms with E-state index >= 15 is 0 Å². The van der Waals surface area contributed by atoms with Crippen LogP contribution in [0.25, 0.3) is 5.57 Å². The van der Waals surface area contributed by atoms with Crippen LogP contribution in [-0.4, -0.2) is 8.83 Å². The van der Waals surface area contributed by atoms with E-state index in [1.165, 1.54) is 10.8 Å². The fourth-order valence-electron chi connectivity index (χ4n) is 0.938. The predicted molar refractivity (Wildman–Crippen MR) is 52.4 cm³/mol. The second-order valence-electron chi connectivity index (χ2n) is 2.42. The van der Waals surface area contributed by atoms with Crippen molar-refractivity contribution in [2.75, 3.05) is 0 Å². The van der Waals surface area contributed by atoms with Crippen LogP contribution in [0.15, 0.2) is 30.8 Å². The summed E-state index contributed by atoms with van der Waals surface area (Å²) >= 11 is 5.76. The van der Waals surface area contributed by atoms with Crippen molar-refractivity contribution < 1.29 is 0 Å². The first-order valence-corrected chi connectivity index (χ1v) is 5.38. The lowest BCUT2D eigenvalue weighted by Gasteiger charge is -2.03. The molecule has 0 fully saturated rings. The Hall–Kier alpha value is -0.533. The molecule has 11 heavy (non-hydrogen) atoms. The van der Waals surface area contributed by atoms with E-state index in [0.717, 1.165) is 5.57 Å². The molecule has 0 aromatic heterocycles. The lowest BCUT2D eigenvalue weighted by Crippen LogP contribution is -2.13. The van der Waals surface area contributed by atoms with Crippen LogP contribution in [0.3, 0.4) is 0 Å². The average molecular weight is 181 g/mol. The first-order chi connectivity index (χ1) is 5.25. The van der Waals surface area contributed by atoms with Gasteiger partial charge in [0, 0.05) is 0 Å². The summed E-state index contributed by atoms with van der Waals surface area (Å²) in [6.07, 6.45) is 0. The van der Waals surface area contributed by atoms with Crippen molar-refractivity contribution in [3.05, 3.63) is 36.4 Å². The Morgan fingerprint density at radius 3 is 2.55 bits per heavy atom. The fourth-order valence-corrected chi connectivity index (χ4v) is 1.99. The SMILES string of the molecule is C=C(C)c1ccccc1[Si]Cl. The van der Waals surface area contributed by atoms with Gasteiger partial charge in [-0.25, -0.2) is 0 Å². The molecule has 0 amide bonds. The van der Waals surface area contributed by atoms with Crippen LogP contribution in [-0.2, 0) is 0 Å². The highest BCUT2D eigenvalue weighted by Crippen LogP contribution is 2.07. The molecule has 0 aliphatic carbocycles. The minimum absolute atomic E-state index is 0.333. The van der Waals surface area contributed by atoms with Crippen LogP contribution in [0.4, 0.5) is 0 Å². The molecule has 0 atom stereocenters. The number of hydrogen-bond acceptors (Lipinski definition) is 0. The van der Waals surface area contributed by atoms with Gasteiger partial charge in [-0.05, 0) is 17.7 Å². The van der Waals surface area contributed by atoms with Gasteiger partial charge < -0.3 is 0 Å². The summed E-state index contributed by atoms with van der Waals surface area (Å²) in [5.74, 6) is 0. The topological polar surface area (TPSA) is 0 Å². The Morgan fingerprint density at radius 2 is 2.09 bits per heavy atom. The second-order valence-corrected chi connectivity index (χ2v) is 3.72. The summed E-state index contributed by atoms with van der Waals surface area (Å²) in [5.41, 5.74) is 2.26. The molecule has 0 heterocycles. The Morgan fingerprint density at radius 1 is 1.45 bits per heavy atom. The predicted octanol–water partition coefficient (Wildman–Crippen LogP) is 2.20. The fraction of sp³-hybridized carbons (Fsp3) is 0.111. The molecule has 0 unspecified atom stereocenters. The molecule has 1 aromatic carbocycles. The van der Waals surface area contributed by atoms with Gasteiger partial charge in [-0.15, -0.1) is 0 Å². The van der Waals surface area contributed by atoms with Gasteiger partial charge in [-0.3, -0.25) is 0 Å². The van der Waals surface area contributed by atoms with Gasteiger partial charge in [-0.1, -0.05) is 36.4 Å². The van der Waals surface area contributed by atoms with Crippen LogP contribution in [0.1, 0.15) is 12.5 Å². The highest BCUT2D eigenvalue weighted by atomic mass is 35.6. The number of rotatable bonds is 2. The number of allylic oxidation sites excluding steroid dienone is 1. The van der Waals surface area contributed by atoms with Gasteiger partial charge in [0.15, 0.2) is 0 Å². The minimum atomic E-state index is 0.333. The highest BCUT2D eigenvalue weighted by molar-refractivity contribution is 7.01. The molecular formula is C9H9ClSi. The molecule has 0 nitrogen and oxygen atoms in total. The van der Waals surface area contributed by atoms with Gasteiger partial charge >= 0.3 is 0 Å². The Balaban J connectivity index is 3.12. The molecule has 1 aromatic rings. The van der Waals surface area contributed by atoms with Crippen LogP contribution in [0.5, 0.6) is 0 Å². The summed E-state index contributed by atoms with van der Waals surface area (Å²) in [5, 5.41) is 1.18. The third kappa shape index (κ3) is 1.95. The molecule has 0 spiro atoms. The third-order valence-electron chi connectivity index (χ3n) is 1.49. The molecular weight excluding hydrogens is 172 g/mol. The molecule has 0 bridgehead atoms. The van der Waals surface area contributed by atoms with Gasteiger partial charge in [-0.2, -0.15) is 11.1 Å². The summed E-state index contributed by atoms with van der Waals surface area (Å²) in [6, 6.07) is 8.09. The zero-order valence-corrected chi connectivity index (χ0v) is 8.15. The summed E-state index contributed by atoms with van der Waals surface area (Å²) in [6.45, 7) is 5.88. The molecule has 0 saturated heterocycles. The normalized spacial score (nSPS) is 9.64. The van der Waals surface area contributed by atoms with Gasteiger partial charge in [0.05, 0.1) is 0 Å². The zero-order valence-electron chi connectivity index (χ0n) is 6.39. The number of halogens is 1. The molecule has 2 radical (unpaired) electrons. The minimum Gasteiger partial charge on any atom is -0.165 e. The maximum Gasteiger partial charge on any atom is 0.211 e. The first kappa shape index (κ1) is 8.56. The number of hydrogen-bond donors (Lipinski definition) is 0. The standard InChI is InChI=1S/C9H9ClSi/c1-7(2)8-5-3-4-6-9(8)11-10/h3-6H,1H2,2H3. The third-order valence-corrected chi connectivity index (χ3v) is 2.74. The molecule has 0 aliphatic heterocycles. The molecule has 0 saturated carbocycles. The Labute approximate surface area is 74.4 Å². The van der Waals surface area contributed by atoms with E-state index in [0.29, 0.717) is 8.83 Å². The summed E-state index contributed by atoms with van der Waals surface area (Å²) in [7, 11) is 0.333. The summed E-state index contributed by atoms with van der Waals surface area (Å²) < 4.78 is 0. The maximum absolute atomic E-state index is 5.76. The smallest absolute Gasteiger partial charge is 0.165 e. The van der Waals surface area contributed by atoms with Crippen molar-refractivity contribution in [1.29, 1.82) is 0 Å². The van der Waals surface area contributed by atoms with Crippen molar-refractivity contribution in [2.45, 2.75) is 6.92 Å². The first-order valence-electron chi connectivity index (χ1n) is 3.37. The van der Waals surface area contributed by atoms with E-state index in [2.05, 4.69) is 6.58 Å². The van der Waals surface area contributed by atoms with Gasteiger partial charge in [0.25, 0.3) is 0 Å². The molecule has 1 rings (SSSR count). The van der Waals surface area contributed by atoms with Crippen molar-refractivity contribution >= 4 is 30.7 Å². The van der Waals surface area contributed by atoms with Gasteiger partial charge in [0.2, 0.25) is 8.83 Å². The van der Waals surface area contributed by atoms with Crippen LogP contribution < -0.4 is 5.19 Å². The Bertz CT molecular complexity index is 268. The van der Waals surface area contributed by atoms with Crippen molar-refractivity contribution in [3.63, 3.8) is 0 Å². The molecule has 2 heteroatoms. The quantitative estimate of drug-likeness (QED) is 0.484.